The van der Waals surface area contributed by atoms with E-state index in [4.69, 9.17) is 5.11 Å². The topological polar surface area (TPSA) is 43.7 Å². The standard InChI is InChI=1S/C15H16OS2.C6H15N.C6H6S.C3H6Br2O/c16-13(11-17-14-7-3-1-4-8-14)12-18-15-9-5-2-6-10-15;1-4-7(5-2)6-3;7-6-4-2-1-3-5-6;4-1-3(6)2-5/h1-10,13,16H,11-12H2;4-6H2,1-3H3;1-5,7H;3,6H,1-2H2. The van der Waals surface area contributed by atoms with Crippen LogP contribution in [0, 0.1) is 0 Å². The first-order chi connectivity index (χ1) is 18.4. The maximum Gasteiger partial charge on any atom is 0.0733 e. The fourth-order valence-corrected chi connectivity index (χ4v) is 5.70. The molecule has 0 aliphatic carbocycles. The van der Waals surface area contributed by atoms with Gasteiger partial charge in [-0.25, -0.2) is 0 Å². The number of hydrogen-bond donors (Lipinski definition) is 3. The number of aliphatic hydroxyl groups excluding tert-OH is 2. The smallest absolute Gasteiger partial charge is 0.0733 e. The lowest BCUT2D eigenvalue weighted by Gasteiger charge is -2.13. The molecule has 0 radical (unpaired) electrons. The van der Waals surface area contributed by atoms with E-state index in [0.717, 1.165) is 16.4 Å². The number of nitrogens with zero attached hydrogens (tertiary/aromatic N) is 1. The van der Waals surface area contributed by atoms with Crippen molar-refractivity contribution in [3.05, 3.63) is 91.0 Å². The lowest BCUT2D eigenvalue weighted by Crippen LogP contribution is -2.21. The van der Waals surface area contributed by atoms with Crippen molar-refractivity contribution >= 4 is 68.0 Å². The fourth-order valence-electron chi connectivity index (χ4n) is 2.61. The number of thiol groups is 1. The highest BCUT2D eigenvalue weighted by molar-refractivity contribution is 9.09. The maximum atomic E-state index is 9.93. The summed E-state index contributed by atoms with van der Waals surface area (Å²) in [7, 11) is 0. The number of rotatable bonds is 11. The fraction of sp³-hybridized carbons (Fsp3) is 0.400. The van der Waals surface area contributed by atoms with E-state index in [9.17, 15) is 5.11 Å². The predicted molar refractivity (Wildman–Crippen MR) is 181 cm³/mol. The lowest BCUT2D eigenvalue weighted by molar-refractivity contribution is 0.225. The first-order valence-corrected chi connectivity index (χ1v) is 17.4. The SMILES string of the molecule is CCN(CC)CC.OC(CBr)CBr.OC(CSc1ccccc1)CSc1ccccc1.Sc1ccccc1. The molecule has 0 amide bonds. The van der Waals surface area contributed by atoms with E-state index in [2.05, 4.69) is 94.4 Å². The largest absolute Gasteiger partial charge is 0.391 e. The molecule has 3 aromatic rings. The number of hydrogen-bond acceptors (Lipinski definition) is 6. The molecule has 3 aromatic carbocycles. The Morgan fingerprint density at radius 2 is 0.974 bits per heavy atom. The summed E-state index contributed by atoms with van der Waals surface area (Å²) in [5.74, 6) is 1.48. The highest BCUT2D eigenvalue weighted by Crippen LogP contribution is 2.22. The van der Waals surface area contributed by atoms with Gasteiger partial charge in [0, 0.05) is 36.9 Å². The number of alkyl halides is 2. The molecule has 3 rings (SSSR count). The van der Waals surface area contributed by atoms with E-state index in [-0.39, 0.29) is 12.2 Å². The summed E-state index contributed by atoms with van der Waals surface area (Å²) >= 11 is 13.7. The van der Waals surface area contributed by atoms with Crippen LogP contribution in [0.1, 0.15) is 20.8 Å². The van der Waals surface area contributed by atoms with Gasteiger partial charge in [-0.05, 0) is 56.0 Å². The molecular formula is C30H43Br2NO2S3. The molecule has 0 unspecified atom stereocenters. The summed E-state index contributed by atoms with van der Waals surface area (Å²) < 4.78 is 0. The van der Waals surface area contributed by atoms with Gasteiger partial charge in [0.2, 0.25) is 0 Å². The van der Waals surface area contributed by atoms with E-state index >= 15 is 0 Å². The van der Waals surface area contributed by atoms with Crippen molar-refractivity contribution in [2.45, 2.75) is 47.7 Å². The van der Waals surface area contributed by atoms with Gasteiger partial charge < -0.3 is 15.1 Å². The molecule has 0 heterocycles. The van der Waals surface area contributed by atoms with Crippen LogP contribution in [0.25, 0.3) is 0 Å². The third kappa shape index (κ3) is 22.4. The van der Waals surface area contributed by atoms with Gasteiger partial charge in [0.15, 0.2) is 0 Å². The Balaban J connectivity index is 0.000000564. The van der Waals surface area contributed by atoms with E-state index < -0.39 is 0 Å². The van der Waals surface area contributed by atoms with Gasteiger partial charge in [-0.1, -0.05) is 107 Å². The van der Waals surface area contributed by atoms with E-state index in [1.165, 1.54) is 29.4 Å². The Morgan fingerprint density at radius 3 is 1.18 bits per heavy atom. The highest BCUT2D eigenvalue weighted by Gasteiger charge is 2.06. The average molecular weight is 706 g/mol. The van der Waals surface area contributed by atoms with Crippen molar-refractivity contribution in [2.24, 2.45) is 0 Å². The van der Waals surface area contributed by atoms with Crippen molar-refractivity contribution in [1.82, 2.24) is 4.90 Å². The molecule has 0 saturated carbocycles. The molecule has 0 atom stereocenters. The van der Waals surface area contributed by atoms with Crippen LogP contribution >= 0.6 is 68.0 Å². The average Bonchev–Trinajstić information content (AvgIpc) is 2.98. The highest BCUT2D eigenvalue weighted by atomic mass is 79.9. The van der Waals surface area contributed by atoms with Gasteiger partial charge >= 0.3 is 0 Å². The predicted octanol–water partition coefficient (Wildman–Crippen LogP) is 8.39. The van der Waals surface area contributed by atoms with Gasteiger partial charge in [0.05, 0.1) is 12.2 Å². The Labute approximate surface area is 261 Å². The minimum Gasteiger partial charge on any atom is -0.391 e. The van der Waals surface area contributed by atoms with E-state index in [1.807, 2.05) is 66.7 Å². The van der Waals surface area contributed by atoms with Crippen LogP contribution in [0.4, 0.5) is 0 Å². The summed E-state index contributed by atoms with van der Waals surface area (Å²) in [6.07, 6.45) is -0.509. The molecule has 0 spiro atoms. The van der Waals surface area contributed by atoms with Gasteiger partial charge in [-0.2, -0.15) is 0 Å². The molecule has 0 fully saturated rings. The molecule has 38 heavy (non-hydrogen) atoms. The van der Waals surface area contributed by atoms with Crippen molar-refractivity contribution in [3.63, 3.8) is 0 Å². The second-order valence-electron chi connectivity index (χ2n) is 7.82. The van der Waals surface area contributed by atoms with Crippen LogP contribution in [0.5, 0.6) is 0 Å². The van der Waals surface area contributed by atoms with E-state index in [0.29, 0.717) is 10.7 Å². The van der Waals surface area contributed by atoms with Crippen LogP contribution < -0.4 is 0 Å². The molecule has 8 heteroatoms. The third-order valence-corrected chi connectivity index (χ3v) is 8.93. The van der Waals surface area contributed by atoms with Crippen molar-refractivity contribution < 1.29 is 10.2 Å². The summed E-state index contributed by atoms with van der Waals surface area (Å²) in [5.41, 5.74) is 0. The molecular weight excluding hydrogens is 662 g/mol. The Hall–Kier alpha value is -0.450. The quantitative estimate of drug-likeness (QED) is 0.106. The Morgan fingerprint density at radius 1 is 0.632 bits per heavy atom. The molecule has 0 aliphatic heterocycles. The number of aliphatic hydroxyl groups is 2. The normalized spacial score (nSPS) is 10.2. The van der Waals surface area contributed by atoms with Crippen LogP contribution in [0.15, 0.2) is 106 Å². The molecule has 0 aromatic heterocycles. The minimum absolute atomic E-state index is 0.231. The first kappa shape index (κ1) is 37.6. The Kier molecular flexibility index (Phi) is 26.4. The molecule has 3 nitrogen and oxygen atoms in total. The summed E-state index contributed by atoms with van der Waals surface area (Å²) in [4.78, 5) is 5.81. The molecule has 0 saturated heterocycles. The van der Waals surface area contributed by atoms with Crippen molar-refractivity contribution in [3.8, 4) is 0 Å². The van der Waals surface area contributed by atoms with Crippen molar-refractivity contribution in [2.75, 3.05) is 41.8 Å². The van der Waals surface area contributed by atoms with Crippen LogP contribution in [-0.4, -0.2) is 69.1 Å². The van der Waals surface area contributed by atoms with Crippen LogP contribution in [0.3, 0.4) is 0 Å². The summed E-state index contributed by atoms with van der Waals surface area (Å²) in [6.45, 7) is 10.1. The van der Waals surface area contributed by atoms with Crippen molar-refractivity contribution in [1.29, 1.82) is 0 Å². The molecule has 2 N–H and O–H groups in total. The van der Waals surface area contributed by atoms with Crippen LogP contribution in [-0.2, 0) is 0 Å². The molecule has 0 aliphatic rings. The second-order valence-corrected chi connectivity index (χ2v) is 11.8. The summed E-state index contributed by atoms with van der Waals surface area (Å²) in [6, 6.07) is 30.2. The molecule has 0 bridgehead atoms. The second kappa shape index (κ2) is 26.8. The monoisotopic (exact) mass is 703 g/mol. The lowest BCUT2D eigenvalue weighted by atomic mass is 10.4. The minimum atomic E-state index is -0.277. The zero-order valence-electron chi connectivity index (χ0n) is 22.6. The van der Waals surface area contributed by atoms with Gasteiger partial charge in [0.1, 0.15) is 0 Å². The number of thioether (sulfide) groups is 2. The van der Waals surface area contributed by atoms with E-state index in [1.54, 1.807) is 23.5 Å². The summed E-state index contributed by atoms with van der Waals surface area (Å²) in [5, 5.41) is 19.8. The zero-order chi connectivity index (χ0) is 28.4. The maximum absolute atomic E-state index is 9.93. The number of benzene rings is 3. The van der Waals surface area contributed by atoms with Gasteiger partial charge in [-0.3, -0.25) is 0 Å². The Bertz CT molecular complexity index is 823. The third-order valence-electron chi connectivity index (χ3n) is 4.83. The molecule has 212 valence electrons. The van der Waals surface area contributed by atoms with Gasteiger partial charge in [0.25, 0.3) is 0 Å². The van der Waals surface area contributed by atoms with Gasteiger partial charge in [-0.15, -0.1) is 36.2 Å². The zero-order valence-corrected chi connectivity index (χ0v) is 28.3. The first-order valence-electron chi connectivity index (χ1n) is 12.7. The van der Waals surface area contributed by atoms with Crippen LogP contribution in [0.2, 0.25) is 0 Å². The number of halogens is 2.